The van der Waals surface area contributed by atoms with Gasteiger partial charge in [0.1, 0.15) is 0 Å². The van der Waals surface area contributed by atoms with Gasteiger partial charge in [0.05, 0.1) is 5.97 Å². The Labute approximate surface area is 84.0 Å². The van der Waals surface area contributed by atoms with Gasteiger partial charge in [-0.2, -0.15) is 0 Å². The Balaban J connectivity index is 3.11. The Morgan fingerprint density at radius 2 is 1.86 bits per heavy atom. The quantitative estimate of drug-likeness (QED) is 0.711. The Morgan fingerprint density at radius 1 is 1.29 bits per heavy atom. The minimum atomic E-state index is -1.12. The van der Waals surface area contributed by atoms with Crippen molar-refractivity contribution in [2.75, 3.05) is 18.0 Å². The molecule has 14 heavy (non-hydrogen) atoms. The van der Waals surface area contributed by atoms with Gasteiger partial charge in [0.25, 0.3) is 0 Å². The number of nitrogens with zero attached hydrogens (tertiary/aromatic N) is 1. The van der Waals surface area contributed by atoms with E-state index in [2.05, 4.69) is 0 Å². The molecule has 3 heteroatoms. The van der Waals surface area contributed by atoms with Gasteiger partial charge in [0, 0.05) is 24.3 Å². The summed E-state index contributed by atoms with van der Waals surface area (Å²) in [7, 11) is 0. The highest BCUT2D eigenvalue weighted by atomic mass is 16.4. The summed E-state index contributed by atoms with van der Waals surface area (Å²) in [5.41, 5.74) is 0.994. The van der Waals surface area contributed by atoms with Gasteiger partial charge in [-0.25, -0.2) is 0 Å². The van der Waals surface area contributed by atoms with Crippen LogP contribution in [0.25, 0.3) is 0 Å². The number of hydrogen-bond donors (Lipinski definition) is 0. The summed E-state index contributed by atoms with van der Waals surface area (Å²) in [5, 5.41) is 10.8. The van der Waals surface area contributed by atoms with E-state index in [9.17, 15) is 9.90 Å². The Bertz CT molecular complexity index is 319. The van der Waals surface area contributed by atoms with Gasteiger partial charge in [-0.3, -0.25) is 0 Å². The first-order chi connectivity index (χ1) is 6.70. The summed E-state index contributed by atoms with van der Waals surface area (Å²) in [5.74, 6) is -1.12. The molecule has 1 aromatic carbocycles. The molecule has 1 aromatic rings. The van der Waals surface area contributed by atoms with Gasteiger partial charge in [0.15, 0.2) is 0 Å². The standard InChI is InChI=1S/C11H15NO2/c1-3-12(4-2)10-8-6-5-7-9(10)11(13)14/h5-8H,3-4H2,1-2H3,(H,13,14)/p-1. The molecule has 0 saturated heterocycles. The number of carbonyl (C=O) groups excluding carboxylic acids is 1. The van der Waals surface area contributed by atoms with Crippen molar-refractivity contribution in [3.8, 4) is 0 Å². The monoisotopic (exact) mass is 192 g/mol. The zero-order chi connectivity index (χ0) is 10.6. The SMILES string of the molecule is CCN(CC)c1ccccc1C(=O)[O-]. The molecule has 0 amide bonds. The largest absolute Gasteiger partial charge is 0.545 e. The predicted molar refractivity (Wildman–Crippen MR) is 54.3 cm³/mol. The molecule has 0 bridgehead atoms. The second-order valence-electron chi connectivity index (χ2n) is 2.98. The summed E-state index contributed by atoms with van der Waals surface area (Å²) in [4.78, 5) is 12.8. The lowest BCUT2D eigenvalue weighted by atomic mass is 10.1. The number of benzene rings is 1. The molecule has 0 atom stereocenters. The molecule has 0 aromatic heterocycles. The predicted octanol–water partition coefficient (Wildman–Crippen LogP) is 0.896. The van der Waals surface area contributed by atoms with Gasteiger partial charge < -0.3 is 14.8 Å². The van der Waals surface area contributed by atoms with Crippen molar-refractivity contribution in [1.29, 1.82) is 0 Å². The van der Waals surface area contributed by atoms with Crippen LogP contribution in [0.1, 0.15) is 24.2 Å². The third kappa shape index (κ3) is 2.05. The normalized spacial score (nSPS) is 9.86. The molecule has 0 N–H and O–H groups in total. The number of aromatic carboxylic acids is 1. The van der Waals surface area contributed by atoms with E-state index in [1.54, 1.807) is 18.2 Å². The summed E-state index contributed by atoms with van der Waals surface area (Å²) in [6, 6.07) is 6.92. The number of anilines is 1. The van der Waals surface area contributed by atoms with Crippen LogP contribution >= 0.6 is 0 Å². The van der Waals surface area contributed by atoms with Crippen molar-refractivity contribution in [2.24, 2.45) is 0 Å². The van der Waals surface area contributed by atoms with Crippen LogP contribution in [0.5, 0.6) is 0 Å². The maximum Gasteiger partial charge on any atom is 0.0736 e. The molecular weight excluding hydrogens is 178 g/mol. The first-order valence-electron chi connectivity index (χ1n) is 4.76. The van der Waals surface area contributed by atoms with Gasteiger partial charge in [-0.05, 0) is 19.9 Å². The molecule has 0 fully saturated rings. The molecule has 0 spiro atoms. The second-order valence-corrected chi connectivity index (χ2v) is 2.98. The van der Waals surface area contributed by atoms with Crippen LogP contribution in [0.15, 0.2) is 24.3 Å². The Hall–Kier alpha value is -1.51. The van der Waals surface area contributed by atoms with Crippen molar-refractivity contribution in [2.45, 2.75) is 13.8 Å². The smallest absolute Gasteiger partial charge is 0.0736 e. The number of carboxylic acid groups (broad SMARTS) is 1. The maximum atomic E-state index is 10.8. The first-order valence-corrected chi connectivity index (χ1v) is 4.76. The van der Waals surface area contributed by atoms with E-state index in [-0.39, 0.29) is 5.56 Å². The topological polar surface area (TPSA) is 43.4 Å². The van der Waals surface area contributed by atoms with E-state index in [1.165, 1.54) is 0 Å². The number of hydrogen-bond acceptors (Lipinski definition) is 3. The summed E-state index contributed by atoms with van der Waals surface area (Å²) in [6.07, 6.45) is 0. The van der Waals surface area contributed by atoms with Crippen molar-refractivity contribution < 1.29 is 9.90 Å². The number of carbonyl (C=O) groups is 1. The van der Waals surface area contributed by atoms with Crippen LogP contribution in [-0.4, -0.2) is 19.1 Å². The minimum Gasteiger partial charge on any atom is -0.545 e. The third-order valence-corrected chi connectivity index (χ3v) is 2.23. The zero-order valence-electron chi connectivity index (χ0n) is 8.49. The molecule has 0 unspecified atom stereocenters. The Morgan fingerprint density at radius 3 is 2.36 bits per heavy atom. The molecule has 0 heterocycles. The fourth-order valence-electron chi connectivity index (χ4n) is 1.49. The highest BCUT2D eigenvalue weighted by Crippen LogP contribution is 2.18. The fourth-order valence-corrected chi connectivity index (χ4v) is 1.49. The van der Waals surface area contributed by atoms with Gasteiger partial charge in [-0.1, -0.05) is 18.2 Å². The van der Waals surface area contributed by atoms with Crippen molar-refractivity contribution >= 4 is 11.7 Å². The van der Waals surface area contributed by atoms with E-state index in [0.717, 1.165) is 18.8 Å². The number of rotatable bonds is 4. The van der Waals surface area contributed by atoms with Crippen molar-refractivity contribution in [3.05, 3.63) is 29.8 Å². The van der Waals surface area contributed by atoms with Crippen LogP contribution < -0.4 is 10.0 Å². The van der Waals surface area contributed by atoms with Crippen LogP contribution in [-0.2, 0) is 0 Å². The van der Waals surface area contributed by atoms with Crippen LogP contribution in [0.3, 0.4) is 0 Å². The molecule has 0 aliphatic heterocycles. The number of carboxylic acids is 1. The van der Waals surface area contributed by atoms with Crippen molar-refractivity contribution in [3.63, 3.8) is 0 Å². The van der Waals surface area contributed by atoms with Gasteiger partial charge >= 0.3 is 0 Å². The lowest BCUT2D eigenvalue weighted by Crippen LogP contribution is -2.28. The van der Waals surface area contributed by atoms with E-state index < -0.39 is 5.97 Å². The molecule has 3 nitrogen and oxygen atoms in total. The lowest BCUT2D eigenvalue weighted by Gasteiger charge is -2.24. The molecule has 0 saturated carbocycles. The van der Waals surface area contributed by atoms with Gasteiger partial charge in [0.2, 0.25) is 0 Å². The maximum absolute atomic E-state index is 10.8. The third-order valence-electron chi connectivity index (χ3n) is 2.23. The van der Waals surface area contributed by atoms with E-state index in [4.69, 9.17) is 0 Å². The molecule has 0 aliphatic rings. The van der Waals surface area contributed by atoms with Crippen LogP contribution in [0, 0.1) is 0 Å². The van der Waals surface area contributed by atoms with Crippen LogP contribution in [0.2, 0.25) is 0 Å². The van der Waals surface area contributed by atoms with E-state index in [0.29, 0.717) is 0 Å². The lowest BCUT2D eigenvalue weighted by molar-refractivity contribution is -0.254. The zero-order valence-corrected chi connectivity index (χ0v) is 8.49. The Kier molecular flexibility index (Phi) is 3.51. The van der Waals surface area contributed by atoms with Crippen LogP contribution in [0.4, 0.5) is 5.69 Å². The summed E-state index contributed by atoms with van der Waals surface area (Å²) >= 11 is 0. The van der Waals surface area contributed by atoms with Gasteiger partial charge in [-0.15, -0.1) is 0 Å². The molecule has 1 rings (SSSR count). The highest BCUT2D eigenvalue weighted by Gasteiger charge is 2.07. The van der Waals surface area contributed by atoms with Crippen molar-refractivity contribution in [1.82, 2.24) is 0 Å². The first kappa shape index (κ1) is 10.6. The molecular formula is C11H14NO2-. The summed E-state index contributed by atoms with van der Waals surface area (Å²) in [6.45, 7) is 5.58. The molecule has 0 radical (unpaired) electrons. The average Bonchev–Trinajstić information content (AvgIpc) is 2.20. The summed E-state index contributed by atoms with van der Waals surface area (Å²) < 4.78 is 0. The highest BCUT2D eigenvalue weighted by molar-refractivity contribution is 5.92. The average molecular weight is 192 g/mol. The molecule has 0 aliphatic carbocycles. The second kappa shape index (κ2) is 4.65. The minimum absolute atomic E-state index is 0.260. The number of para-hydroxylation sites is 1. The fraction of sp³-hybridized carbons (Fsp3) is 0.364. The molecule has 76 valence electrons. The van der Waals surface area contributed by atoms with E-state index >= 15 is 0 Å². The van der Waals surface area contributed by atoms with E-state index in [1.807, 2.05) is 24.8 Å².